The highest BCUT2D eigenvalue weighted by molar-refractivity contribution is 6.09. The highest BCUT2D eigenvalue weighted by atomic mass is 16.5. The number of benzene rings is 1. The molecule has 1 aromatic heterocycles. The van der Waals surface area contributed by atoms with Crippen molar-refractivity contribution in [1.29, 1.82) is 0 Å². The zero-order chi connectivity index (χ0) is 15.6. The molecule has 4 nitrogen and oxygen atoms in total. The smallest absolute Gasteiger partial charge is 0.211 e. The molecule has 4 heteroatoms. The van der Waals surface area contributed by atoms with Crippen LogP contribution in [0.5, 0.6) is 5.75 Å². The second-order valence-electron chi connectivity index (χ2n) is 5.16. The van der Waals surface area contributed by atoms with E-state index < -0.39 is 0 Å². The zero-order valence-corrected chi connectivity index (χ0v) is 13.4. The fourth-order valence-electron chi connectivity index (χ4n) is 2.46. The Morgan fingerprint density at radius 3 is 2.48 bits per heavy atom. The van der Waals surface area contributed by atoms with Crippen LogP contribution in [0.3, 0.4) is 0 Å². The third-order valence-electron chi connectivity index (χ3n) is 3.71. The van der Waals surface area contributed by atoms with Crippen molar-refractivity contribution in [3.05, 3.63) is 46.3 Å². The summed E-state index contributed by atoms with van der Waals surface area (Å²) in [6, 6.07) is 5.70. The number of aryl methyl sites for hydroxylation is 4. The Kier molecular flexibility index (Phi) is 4.46. The molecule has 0 saturated heterocycles. The van der Waals surface area contributed by atoms with Gasteiger partial charge in [0.15, 0.2) is 0 Å². The predicted molar refractivity (Wildman–Crippen MR) is 83.2 cm³/mol. The average Bonchev–Trinajstić information content (AvgIpc) is 2.91. The molecule has 0 fully saturated rings. The van der Waals surface area contributed by atoms with E-state index in [1.165, 1.54) is 0 Å². The van der Waals surface area contributed by atoms with E-state index in [9.17, 15) is 4.79 Å². The third-order valence-corrected chi connectivity index (χ3v) is 3.71. The predicted octanol–water partition coefficient (Wildman–Crippen LogP) is 3.32. The molecule has 0 amide bonds. The van der Waals surface area contributed by atoms with Crippen LogP contribution in [-0.2, 0) is 13.0 Å². The van der Waals surface area contributed by atoms with Crippen molar-refractivity contribution in [2.24, 2.45) is 0 Å². The summed E-state index contributed by atoms with van der Waals surface area (Å²) < 4.78 is 7.08. The Labute approximate surface area is 125 Å². The lowest BCUT2D eigenvalue weighted by Gasteiger charge is -2.11. The van der Waals surface area contributed by atoms with E-state index in [-0.39, 0.29) is 5.78 Å². The van der Waals surface area contributed by atoms with Crippen LogP contribution in [-0.4, -0.2) is 22.7 Å². The molecule has 0 atom stereocenters. The Morgan fingerprint density at radius 2 is 1.90 bits per heavy atom. The van der Waals surface area contributed by atoms with Gasteiger partial charge in [-0.2, -0.15) is 5.10 Å². The molecule has 0 unspecified atom stereocenters. The van der Waals surface area contributed by atoms with E-state index in [1.54, 1.807) is 11.8 Å². The molecule has 0 radical (unpaired) electrons. The number of carbonyl (C=O) groups is 1. The Morgan fingerprint density at radius 1 is 1.19 bits per heavy atom. The molecule has 1 heterocycles. The van der Waals surface area contributed by atoms with Crippen molar-refractivity contribution < 1.29 is 9.53 Å². The van der Waals surface area contributed by atoms with E-state index >= 15 is 0 Å². The first-order valence-corrected chi connectivity index (χ1v) is 7.28. The maximum Gasteiger partial charge on any atom is 0.211 e. The molecular formula is C17H22N2O2. The number of ketones is 1. The normalized spacial score (nSPS) is 10.7. The van der Waals surface area contributed by atoms with Crippen molar-refractivity contribution >= 4 is 5.78 Å². The molecule has 0 aliphatic heterocycles. The quantitative estimate of drug-likeness (QED) is 0.792. The summed E-state index contributed by atoms with van der Waals surface area (Å²) in [5.41, 5.74) is 4.20. The first kappa shape index (κ1) is 15.3. The summed E-state index contributed by atoms with van der Waals surface area (Å²) in [6.07, 6.45) is 0.827. The fraction of sp³-hybridized carbons (Fsp3) is 0.412. The maximum atomic E-state index is 12.8. The van der Waals surface area contributed by atoms with Gasteiger partial charge in [0, 0.05) is 12.1 Å². The summed E-state index contributed by atoms with van der Waals surface area (Å²) in [6.45, 7) is 8.61. The summed E-state index contributed by atoms with van der Waals surface area (Å²) in [7, 11) is 1.64. The zero-order valence-electron chi connectivity index (χ0n) is 13.4. The molecule has 0 saturated carbocycles. The Hall–Kier alpha value is -2.10. The van der Waals surface area contributed by atoms with Crippen molar-refractivity contribution in [2.75, 3.05) is 7.11 Å². The van der Waals surface area contributed by atoms with Gasteiger partial charge < -0.3 is 4.74 Å². The highest BCUT2D eigenvalue weighted by Gasteiger charge is 2.19. The summed E-state index contributed by atoms with van der Waals surface area (Å²) in [5.74, 6) is 0.828. The van der Waals surface area contributed by atoms with E-state index in [2.05, 4.69) is 5.10 Å². The van der Waals surface area contributed by atoms with Crippen LogP contribution >= 0.6 is 0 Å². The van der Waals surface area contributed by atoms with E-state index in [0.29, 0.717) is 17.8 Å². The number of methoxy groups -OCH3 is 1. The third kappa shape index (κ3) is 2.84. The minimum Gasteiger partial charge on any atom is -0.496 e. The second-order valence-corrected chi connectivity index (χ2v) is 5.16. The average molecular weight is 286 g/mol. The van der Waals surface area contributed by atoms with E-state index in [4.69, 9.17) is 4.74 Å². The van der Waals surface area contributed by atoms with Gasteiger partial charge in [0.2, 0.25) is 5.78 Å². The first-order valence-electron chi connectivity index (χ1n) is 7.28. The van der Waals surface area contributed by atoms with Crippen LogP contribution in [0.25, 0.3) is 0 Å². The molecule has 21 heavy (non-hydrogen) atoms. The molecule has 0 bridgehead atoms. The molecule has 2 aromatic rings. The van der Waals surface area contributed by atoms with Gasteiger partial charge >= 0.3 is 0 Å². The highest BCUT2D eigenvalue weighted by Crippen LogP contribution is 2.24. The fourth-order valence-corrected chi connectivity index (χ4v) is 2.46. The number of rotatable bonds is 5. The van der Waals surface area contributed by atoms with Crippen molar-refractivity contribution in [1.82, 2.24) is 9.78 Å². The molecule has 0 aliphatic rings. The number of carbonyl (C=O) groups excluding carboxylic acids is 1. The van der Waals surface area contributed by atoms with Gasteiger partial charge in [0.05, 0.1) is 12.8 Å². The van der Waals surface area contributed by atoms with Crippen LogP contribution in [0.15, 0.2) is 18.2 Å². The lowest BCUT2D eigenvalue weighted by molar-refractivity contribution is 0.102. The number of ether oxygens (including phenoxy) is 1. The van der Waals surface area contributed by atoms with Gasteiger partial charge in [-0.3, -0.25) is 9.48 Å². The minimum atomic E-state index is 0.0207. The molecule has 1 aromatic carbocycles. The van der Waals surface area contributed by atoms with Gasteiger partial charge in [0.1, 0.15) is 11.4 Å². The summed E-state index contributed by atoms with van der Waals surface area (Å²) in [5, 5.41) is 4.45. The number of aromatic nitrogens is 2. The molecule has 0 N–H and O–H groups in total. The largest absolute Gasteiger partial charge is 0.496 e. The molecule has 0 spiro atoms. The van der Waals surface area contributed by atoms with Crippen LogP contribution in [0.4, 0.5) is 0 Å². The van der Waals surface area contributed by atoms with E-state index in [0.717, 1.165) is 29.0 Å². The minimum absolute atomic E-state index is 0.0207. The number of hydrogen-bond acceptors (Lipinski definition) is 3. The van der Waals surface area contributed by atoms with E-state index in [1.807, 2.05) is 45.9 Å². The molecule has 112 valence electrons. The first-order chi connectivity index (χ1) is 10.0. The van der Waals surface area contributed by atoms with Gasteiger partial charge in [-0.25, -0.2) is 0 Å². The number of hydrogen-bond donors (Lipinski definition) is 0. The van der Waals surface area contributed by atoms with Crippen LogP contribution < -0.4 is 4.74 Å². The van der Waals surface area contributed by atoms with Crippen LogP contribution in [0.2, 0.25) is 0 Å². The lowest BCUT2D eigenvalue weighted by atomic mass is 9.99. The lowest BCUT2D eigenvalue weighted by Crippen LogP contribution is -2.12. The molecule has 0 aliphatic carbocycles. The van der Waals surface area contributed by atoms with Crippen molar-refractivity contribution in [2.45, 2.75) is 40.7 Å². The van der Waals surface area contributed by atoms with Crippen LogP contribution in [0, 0.1) is 13.8 Å². The number of nitrogens with zero attached hydrogens (tertiary/aromatic N) is 2. The molecular weight excluding hydrogens is 264 g/mol. The molecule has 2 rings (SSSR count). The monoisotopic (exact) mass is 286 g/mol. The standard InChI is InChI=1S/C17H22N2O2/c1-6-13-10-15(19(7-2)18-13)17(20)14-8-12(4)16(21-5)9-11(14)3/h8-10H,6-7H2,1-5H3. The van der Waals surface area contributed by atoms with Crippen molar-refractivity contribution in [3.63, 3.8) is 0 Å². The second kappa shape index (κ2) is 6.12. The van der Waals surface area contributed by atoms with Gasteiger partial charge in [0.25, 0.3) is 0 Å². The van der Waals surface area contributed by atoms with Gasteiger partial charge in [-0.05, 0) is 56.5 Å². The SMILES string of the molecule is CCc1cc(C(=O)c2cc(C)c(OC)cc2C)n(CC)n1. The van der Waals surface area contributed by atoms with Crippen molar-refractivity contribution in [3.8, 4) is 5.75 Å². The van der Waals surface area contributed by atoms with Gasteiger partial charge in [-0.1, -0.05) is 6.92 Å². The summed E-state index contributed by atoms with van der Waals surface area (Å²) in [4.78, 5) is 12.8. The topological polar surface area (TPSA) is 44.1 Å². The van der Waals surface area contributed by atoms with Gasteiger partial charge in [-0.15, -0.1) is 0 Å². The maximum absolute atomic E-state index is 12.8. The van der Waals surface area contributed by atoms with Crippen LogP contribution in [0.1, 0.15) is 46.7 Å². The Bertz CT molecular complexity index is 672. The Balaban J connectivity index is 2.49. The summed E-state index contributed by atoms with van der Waals surface area (Å²) >= 11 is 0.